The van der Waals surface area contributed by atoms with E-state index in [1.807, 2.05) is 60.7 Å². The normalized spacial score (nSPS) is 12.7. The van der Waals surface area contributed by atoms with Crippen LogP contribution in [0.5, 0.6) is 0 Å². The molecular weight excluding hydrogens is 1210 g/mol. The van der Waals surface area contributed by atoms with Crippen LogP contribution in [0.3, 0.4) is 0 Å². The Morgan fingerprint density at radius 3 is 0.867 bits per heavy atom. The summed E-state index contributed by atoms with van der Waals surface area (Å²) < 4.78 is 3.09. The molecule has 12 nitrogen and oxygen atoms in total. The number of unbranched alkanes of at least 4 members (excludes halogenated alkanes) is 32. The van der Waals surface area contributed by atoms with Crippen molar-refractivity contribution >= 4 is 109 Å². The highest BCUT2D eigenvalue weighted by atomic mass is 16.6. The summed E-state index contributed by atoms with van der Waals surface area (Å²) in [6.07, 6.45) is 49.3. The highest BCUT2D eigenvalue weighted by Gasteiger charge is 2.28. The van der Waals surface area contributed by atoms with Gasteiger partial charge in [-0.1, -0.05) is 307 Å². The van der Waals surface area contributed by atoms with Crippen LogP contribution in [0.15, 0.2) is 82.4 Å². The summed E-state index contributed by atoms with van der Waals surface area (Å²) in [7, 11) is 0. The number of nitro benzene ring substituents is 2. The Hall–Kier alpha value is -7.96. The van der Waals surface area contributed by atoms with Gasteiger partial charge in [0, 0.05) is 67.4 Å². The van der Waals surface area contributed by atoms with Gasteiger partial charge in [-0.3, -0.25) is 38.6 Å². The van der Waals surface area contributed by atoms with Crippen molar-refractivity contribution in [3.05, 3.63) is 125 Å². The van der Waals surface area contributed by atoms with Crippen molar-refractivity contribution in [1.82, 2.24) is 18.8 Å². The summed E-state index contributed by atoms with van der Waals surface area (Å²) in [5.41, 5.74) is 1.69. The molecule has 2 atom stereocenters. The van der Waals surface area contributed by atoms with Crippen molar-refractivity contribution in [2.24, 2.45) is 11.8 Å². The van der Waals surface area contributed by atoms with E-state index in [2.05, 4.69) is 51.4 Å². The molecule has 0 aliphatic carbocycles. The van der Waals surface area contributed by atoms with Crippen LogP contribution in [0.25, 0.3) is 98.0 Å². The minimum Gasteiger partial charge on any atom is -0.268 e. The summed E-state index contributed by atoms with van der Waals surface area (Å²) in [5, 5.41) is 35.1. The van der Waals surface area contributed by atoms with E-state index in [0.717, 1.165) is 83.7 Å². The van der Waals surface area contributed by atoms with Crippen molar-refractivity contribution in [3.8, 4) is 23.7 Å². The largest absolute Gasteiger partial charge is 0.298 e. The maximum absolute atomic E-state index is 15.2. The van der Waals surface area contributed by atoms with Crippen LogP contribution in [0, 0.1) is 55.7 Å². The molecule has 4 heterocycles. The van der Waals surface area contributed by atoms with E-state index in [4.69, 9.17) is 9.97 Å². The summed E-state index contributed by atoms with van der Waals surface area (Å²) in [5.74, 6) is 14.4. The standard InChI is InChI=1S/C86H106N6O6/c1-5-9-13-17-21-25-27-31-35-39-43-61(41-37-33-29-23-19-15-11-7-3)45-47-63-57-73-81(75(59-63)91(95)96)87-83-69-53-49-65-68-52-56-72-80-70(54-50-66(78(68)80)67-51-55-71(79(69)77(65)67)85(93)89(73)83)84-88-82-74(90(84)86(72)94)58-64(60-76(82)92(97)98)48-46-62(42-38-34-30-24-20-16-12-8-4)44-40-36-32-28-26-22-18-14-10-6-2/h49-62H,5-44H2,1-4H3. The van der Waals surface area contributed by atoms with Crippen molar-refractivity contribution in [3.63, 3.8) is 0 Å². The molecule has 0 aliphatic heterocycles. The summed E-state index contributed by atoms with van der Waals surface area (Å²) in [4.78, 5) is 65.8. The number of hydrogen-bond acceptors (Lipinski definition) is 8. The van der Waals surface area contributed by atoms with Crippen LogP contribution in [-0.2, 0) is 0 Å². The monoisotopic (exact) mass is 1320 g/mol. The molecule has 12 heteroatoms. The first-order valence-electron chi connectivity index (χ1n) is 38.8. The Morgan fingerprint density at radius 2 is 0.592 bits per heavy atom. The minimum atomic E-state index is -0.405. The highest BCUT2D eigenvalue weighted by molar-refractivity contribution is 6.40. The zero-order valence-corrected chi connectivity index (χ0v) is 59.5. The van der Waals surface area contributed by atoms with Gasteiger partial charge in [-0.2, -0.15) is 0 Å². The highest BCUT2D eigenvalue weighted by Crippen LogP contribution is 2.47. The molecule has 0 bridgehead atoms. The fraction of sp³-hybridized carbons (Fsp3) is 0.535. The number of aromatic nitrogens is 4. The van der Waals surface area contributed by atoms with Gasteiger partial charge in [0.25, 0.3) is 22.5 Å². The lowest BCUT2D eigenvalue weighted by atomic mass is 9.86. The number of hydrogen-bond donors (Lipinski definition) is 0. The molecule has 11 aromatic rings. The molecule has 0 aliphatic rings. The van der Waals surface area contributed by atoms with Gasteiger partial charge in [0.15, 0.2) is 11.0 Å². The second-order valence-corrected chi connectivity index (χ2v) is 28.9. The lowest BCUT2D eigenvalue weighted by Crippen LogP contribution is -2.14. The van der Waals surface area contributed by atoms with Crippen LogP contribution in [0.2, 0.25) is 0 Å². The predicted molar refractivity (Wildman–Crippen MR) is 412 cm³/mol. The average molecular weight is 1320 g/mol. The number of pyridine rings is 2. The predicted octanol–water partition coefficient (Wildman–Crippen LogP) is 24.7. The summed E-state index contributed by atoms with van der Waals surface area (Å²) in [6.45, 7) is 9.03. The van der Waals surface area contributed by atoms with Crippen LogP contribution in [0.4, 0.5) is 11.4 Å². The summed E-state index contributed by atoms with van der Waals surface area (Å²) in [6, 6.07) is 22.4. The average Bonchev–Trinajstić information content (AvgIpc) is 1.17. The second kappa shape index (κ2) is 35.2. The molecule has 98 heavy (non-hydrogen) atoms. The number of rotatable bonds is 42. The maximum Gasteiger partial charge on any atom is 0.298 e. The van der Waals surface area contributed by atoms with E-state index in [-0.39, 0.29) is 45.4 Å². The third kappa shape index (κ3) is 16.3. The molecule has 0 radical (unpaired) electrons. The third-order valence-electron chi connectivity index (χ3n) is 21.6. The zero-order valence-electron chi connectivity index (χ0n) is 59.5. The topological polar surface area (TPSA) is 155 Å². The van der Waals surface area contributed by atoms with Gasteiger partial charge >= 0.3 is 0 Å². The number of nitrogens with zero attached hydrogens (tertiary/aromatic N) is 6. The molecule has 0 spiro atoms. The lowest BCUT2D eigenvalue weighted by Gasteiger charge is -2.18. The molecule has 0 N–H and O–H groups in total. The Morgan fingerprint density at radius 1 is 0.347 bits per heavy atom. The molecule has 0 saturated carbocycles. The van der Waals surface area contributed by atoms with Crippen molar-refractivity contribution in [2.75, 3.05) is 0 Å². The summed E-state index contributed by atoms with van der Waals surface area (Å²) >= 11 is 0. The Balaban J connectivity index is 0.913. The van der Waals surface area contributed by atoms with E-state index in [0.29, 0.717) is 65.8 Å². The van der Waals surface area contributed by atoms with Crippen LogP contribution < -0.4 is 11.1 Å². The molecule has 4 aromatic heterocycles. The Bertz CT molecular complexity index is 4450. The molecular formula is C86H106N6O6. The van der Waals surface area contributed by atoms with E-state index in [1.165, 1.54) is 218 Å². The minimum absolute atomic E-state index is 0.143. The maximum atomic E-state index is 15.2. The molecule has 516 valence electrons. The first-order chi connectivity index (χ1) is 48.1. The number of non-ortho nitro benzene ring substituents is 2. The smallest absolute Gasteiger partial charge is 0.268 e. The van der Waals surface area contributed by atoms with Gasteiger partial charge in [-0.15, -0.1) is 0 Å². The van der Waals surface area contributed by atoms with Gasteiger partial charge in [-0.05, 0) is 94.4 Å². The van der Waals surface area contributed by atoms with E-state index in [1.54, 1.807) is 8.80 Å². The number of fused-ring (bicyclic) bond motifs is 10. The molecule has 7 aromatic carbocycles. The van der Waals surface area contributed by atoms with Crippen molar-refractivity contribution in [1.29, 1.82) is 0 Å². The van der Waals surface area contributed by atoms with Crippen molar-refractivity contribution < 1.29 is 9.85 Å². The lowest BCUT2D eigenvalue weighted by molar-refractivity contribution is -0.383. The Labute approximate surface area is 579 Å². The van der Waals surface area contributed by atoms with Gasteiger partial charge in [0.1, 0.15) is 11.3 Å². The quantitative estimate of drug-likeness (QED) is 0.00914. The van der Waals surface area contributed by atoms with Gasteiger partial charge in [-0.25, -0.2) is 9.97 Å². The van der Waals surface area contributed by atoms with Crippen LogP contribution >= 0.6 is 0 Å². The fourth-order valence-corrected chi connectivity index (χ4v) is 16.1. The van der Waals surface area contributed by atoms with Crippen LogP contribution in [-0.4, -0.2) is 28.6 Å². The number of imidazole rings is 2. The van der Waals surface area contributed by atoms with Gasteiger partial charge in [0.05, 0.1) is 20.9 Å². The van der Waals surface area contributed by atoms with Gasteiger partial charge < -0.3 is 0 Å². The van der Waals surface area contributed by atoms with E-state index < -0.39 is 9.85 Å². The molecule has 0 saturated heterocycles. The third-order valence-corrected chi connectivity index (χ3v) is 21.6. The van der Waals surface area contributed by atoms with E-state index >= 15 is 9.59 Å². The molecule has 0 fully saturated rings. The molecule has 11 rings (SSSR count). The number of benzene rings is 7. The Kier molecular flexibility index (Phi) is 25.6. The number of nitro groups is 2. The zero-order chi connectivity index (χ0) is 68.3. The molecule has 2 unspecified atom stereocenters. The van der Waals surface area contributed by atoms with E-state index in [9.17, 15) is 20.2 Å². The first-order valence-corrected chi connectivity index (χ1v) is 38.8. The fourth-order valence-electron chi connectivity index (χ4n) is 16.1. The van der Waals surface area contributed by atoms with Gasteiger partial charge in [0.2, 0.25) is 0 Å². The van der Waals surface area contributed by atoms with Crippen LogP contribution in [0.1, 0.15) is 296 Å². The van der Waals surface area contributed by atoms with Crippen molar-refractivity contribution in [2.45, 2.75) is 285 Å². The second-order valence-electron chi connectivity index (χ2n) is 28.9. The molecule has 0 amide bonds. The SMILES string of the molecule is CCCCCCCCCCCCC(C#Cc1cc([N+](=O)[O-])c2nc3c4ccc5c6ccc7c(=O)n8c9cc(C#CC(CCCCCCCCCC)CCCCCCCCCCCC)cc([N+](=O)[O-])c9nc8c8ccc(c9ccc(c(=O)n3c2c1)c4c95)c6c78)CCCCCCCCCC. The first kappa shape index (κ1) is 71.3.